The smallest absolute Gasteiger partial charge is 0.334 e. The van der Waals surface area contributed by atoms with E-state index in [0.29, 0.717) is 13.0 Å². The molecular weight excluding hydrogens is 282 g/mol. The Hall–Kier alpha value is -1.88. The molecule has 1 heterocycles. The number of unbranched alkanes of at least 4 members (excludes halogenated alkanes) is 1. The molecule has 1 aliphatic rings. The molecule has 0 spiro atoms. The average molecular weight is 305 g/mol. The van der Waals surface area contributed by atoms with Gasteiger partial charge in [-0.05, 0) is 24.0 Å². The van der Waals surface area contributed by atoms with Gasteiger partial charge in [0.25, 0.3) is 0 Å². The van der Waals surface area contributed by atoms with Crippen LogP contribution in [0, 0.1) is 0 Å². The Balaban J connectivity index is 1.89. The molecule has 0 aliphatic carbocycles. The number of amides is 1. The first-order valence-electron chi connectivity index (χ1n) is 7.80. The lowest BCUT2D eigenvalue weighted by Crippen LogP contribution is -2.49. The molecule has 1 fully saturated rings. The number of ether oxygens (including phenoxy) is 1. The summed E-state index contributed by atoms with van der Waals surface area (Å²) < 4.78 is 5.13. The van der Waals surface area contributed by atoms with E-state index in [4.69, 9.17) is 9.84 Å². The lowest BCUT2D eigenvalue weighted by Gasteiger charge is -2.31. The largest absolute Gasteiger partial charge is 0.479 e. The van der Waals surface area contributed by atoms with Gasteiger partial charge in [0.15, 0.2) is 6.10 Å². The molecule has 1 amide bonds. The Bertz CT molecular complexity index is 512. The lowest BCUT2D eigenvalue weighted by atomic mass is 10.0. The van der Waals surface area contributed by atoms with E-state index in [-0.39, 0.29) is 19.1 Å². The van der Waals surface area contributed by atoms with Crippen molar-refractivity contribution in [2.75, 3.05) is 19.7 Å². The first-order valence-corrected chi connectivity index (χ1v) is 7.80. The normalized spacial score (nSPS) is 18.2. The molecule has 0 saturated carbocycles. The standard InChI is InChI=1S/C17H23NO4/c1-2-3-4-13-5-7-14(8-6-13)11-16(19)18-9-10-22-15(12-18)17(20)21/h5-8,15H,2-4,9-12H2,1H3,(H,20,21). The minimum atomic E-state index is -1.02. The van der Waals surface area contributed by atoms with Gasteiger partial charge in [-0.2, -0.15) is 0 Å². The Kier molecular flexibility index (Phi) is 5.95. The summed E-state index contributed by atoms with van der Waals surface area (Å²) in [6.45, 7) is 3.03. The van der Waals surface area contributed by atoms with Crippen LogP contribution in [0.25, 0.3) is 0 Å². The first kappa shape index (κ1) is 16.5. The number of benzene rings is 1. The van der Waals surface area contributed by atoms with E-state index < -0.39 is 12.1 Å². The fourth-order valence-corrected chi connectivity index (χ4v) is 2.52. The molecule has 1 aromatic carbocycles. The molecule has 1 aliphatic heterocycles. The summed E-state index contributed by atoms with van der Waals surface area (Å²) >= 11 is 0. The van der Waals surface area contributed by atoms with Crippen LogP contribution in [-0.4, -0.2) is 47.7 Å². The van der Waals surface area contributed by atoms with Crippen molar-refractivity contribution >= 4 is 11.9 Å². The van der Waals surface area contributed by atoms with Crippen LogP contribution < -0.4 is 0 Å². The monoisotopic (exact) mass is 305 g/mol. The van der Waals surface area contributed by atoms with Gasteiger partial charge < -0.3 is 14.7 Å². The van der Waals surface area contributed by atoms with Crippen molar-refractivity contribution in [1.82, 2.24) is 4.90 Å². The zero-order valence-corrected chi connectivity index (χ0v) is 13.0. The Labute approximate surface area is 130 Å². The van der Waals surface area contributed by atoms with Gasteiger partial charge >= 0.3 is 5.97 Å². The molecule has 1 aromatic rings. The maximum Gasteiger partial charge on any atom is 0.334 e. The van der Waals surface area contributed by atoms with E-state index in [0.717, 1.165) is 12.0 Å². The van der Waals surface area contributed by atoms with Gasteiger partial charge in [-0.3, -0.25) is 4.79 Å². The van der Waals surface area contributed by atoms with Crippen LogP contribution in [0.5, 0.6) is 0 Å². The summed E-state index contributed by atoms with van der Waals surface area (Å²) in [6.07, 6.45) is 2.80. The van der Waals surface area contributed by atoms with Crippen molar-refractivity contribution in [2.45, 2.75) is 38.7 Å². The Morgan fingerprint density at radius 2 is 1.95 bits per heavy atom. The number of aliphatic carboxylic acids is 1. The minimum Gasteiger partial charge on any atom is -0.479 e. The second-order valence-electron chi connectivity index (χ2n) is 5.63. The predicted octanol–water partition coefficient (Wildman–Crippen LogP) is 1.88. The topological polar surface area (TPSA) is 66.8 Å². The average Bonchev–Trinajstić information content (AvgIpc) is 2.54. The quantitative estimate of drug-likeness (QED) is 0.871. The number of hydrogen-bond acceptors (Lipinski definition) is 3. The number of carboxylic acids is 1. The van der Waals surface area contributed by atoms with Gasteiger partial charge in [0.1, 0.15) is 0 Å². The van der Waals surface area contributed by atoms with Crippen LogP contribution in [0.2, 0.25) is 0 Å². The maximum absolute atomic E-state index is 12.3. The molecule has 2 rings (SSSR count). The fourth-order valence-electron chi connectivity index (χ4n) is 2.52. The van der Waals surface area contributed by atoms with Gasteiger partial charge in [-0.25, -0.2) is 4.79 Å². The molecule has 1 unspecified atom stereocenters. The highest BCUT2D eigenvalue weighted by Gasteiger charge is 2.28. The van der Waals surface area contributed by atoms with E-state index in [1.165, 1.54) is 18.4 Å². The third-order valence-corrected chi connectivity index (χ3v) is 3.89. The summed E-state index contributed by atoms with van der Waals surface area (Å²) in [5.41, 5.74) is 2.25. The van der Waals surface area contributed by atoms with Crippen molar-refractivity contribution in [3.05, 3.63) is 35.4 Å². The number of rotatable bonds is 6. The molecular formula is C17H23NO4. The molecule has 1 saturated heterocycles. The third-order valence-electron chi connectivity index (χ3n) is 3.89. The molecule has 0 aromatic heterocycles. The summed E-state index contributed by atoms with van der Waals surface area (Å²) in [4.78, 5) is 24.8. The zero-order valence-electron chi connectivity index (χ0n) is 13.0. The number of nitrogens with zero attached hydrogens (tertiary/aromatic N) is 1. The highest BCUT2D eigenvalue weighted by atomic mass is 16.5. The van der Waals surface area contributed by atoms with Crippen LogP contribution in [0.15, 0.2) is 24.3 Å². The molecule has 0 radical (unpaired) electrons. The van der Waals surface area contributed by atoms with Gasteiger partial charge in [-0.1, -0.05) is 37.6 Å². The maximum atomic E-state index is 12.3. The summed E-state index contributed by atoms with van der Waals surface area (Å²) in [6, 6.07) is 8.10. The molecule has 5 heteroatoms. The third kappa shape index (κ3) is 4.56. The van der Waals surface area contributed by atoms with E-state index in [1.54, 1.807) is 4.90 Å². The predicted molar refractivity (Wildman–Crippen MR) is 82.7 cm³/mol. The number of morpholine rings is 1. The van der Waals surface area contributed by atoms with Gasteiger partial charge in [0, 0.05) is 6.54 Å². The first-order chi connectivity index (χ1) is 10.6. The zero-order chi connectivity index (χ0) is 15.9. The van der Waals surface area contributed by atoms with Crippen molar-refractivity contribution in [3.63, 3.8) is 0 Å². The van der Waals surface area contributed by atoms with Crippen LogP contribution in [0.4, 0.5) is 0 Å². The second kappa shape index (κ2) is 7.94. The minimum absolute atomic E-state index is 0.0455. The molecule has 120 valence electrons. The summed E-state index contributed by atoms with van der Waals surface area (Å²) in [5, 5.41) is 8.97. The van der Waals surface area contributed by atoms with Crippen molar-refractivity contribution in [1.29, 1.82) is 0 Å². The van der Waals surface area contributed by atoms with Crippen LogP contribution >= 0.6 is 0 Å². The molecule has 5 nitrogen and oxygen atoms in total. The highest BCUT2D eigenvalue weighted by Crippen LogP contribution is 2.12. The van der Waals surface area contributed by atoms with Crippen molar-refractivity contribution in [3.8, 4) is 0 Å². The second-order valence-corrected chi connectivity index (χ2v) is 5.63. The van der Waals surface area contributed by atoms with E-state index in [9.17, 15) is 9.59 Å². The highest BCUT2D eigenvalue weighted by molar-refractivity contribution is 5.80. The summed E-state index contributed by atoms with van der Waals surface area (Å²) in [5.74, 6) is -1.06. The number of carbonyl (C=O) groups excluding carboxylic acids is 1. The SMILES string of the molecule is CCCCc1ccc(CC(=O)N2CCOC(C(=O)O)C2)cc1. The molecule has 1 atom stereocenters. The van der Waals surface area contributed by atoms with E-state index in [2.05, 4.69) is 19.1 Å². The summed E-state index contributed by atoms with van der Waals surface area (Å²) in [7, 11) is 0. The van der Waals surface area contributed by atoms with Crippen molar-refractivity contribution in [2.24, 2.45) is 0 Å². The number of carboxylic acid groups (broad SMARTS) is 1. The van der Waals surface area contributed by atoms with Crippen molar-refractivity contribution < 1.29 is 19.4 Å². The number of carbonyl (C=O) groups is 2. The molecule has 0 bridgehead atoms. The number of aryl methyl sites for hydroxylation is 1. The van der Waals surface area contributed by atoms with E-state index >= 15 is 0 Å². The molecule has 1 N–H and O–H groups in total. The van der Waals surface area contributed by atoms with Gasteiger partial charge in [0.05, 0.1) is 19.6 Å². The Morgan fingerprint density at radius 1 is 1.27 bits per heavy atom. The fraction of sp³-hybridized carbons (Fsp3) is 0.529. The number of hydrogen-bond donors (Lipinski definition) is 1. The van der Waals surface area contributed by atoms with Crippen LogP contribution in [-0.2, 0) is 27.2 Å². The van der Waals surface area contributed by atoms with Crippen LogP contribution in [0.3, 0.4) is 0 Å². The van der Waals surface area contributed by atoms with E-state index in [1.807, 2.05) is 12.1 Å². The lowest BCUT2D eigenvalue weighted by molar-refractivity contribution is -0.159. The molecule has 22 heavy (non-hydrogen) atoms. The van der Waals surface area contributed by atoms with Gasteiger partial charge in [0.2, 0.25) is 5.91 Å². The van der Waals surface area contributed by atoms with Crippen LogP contribution in [0.1, 0.15) is 30.9 Å². The van der Waals surface area contributed by atoms with Gasteiger partial charge in [-0.15, -0.1) is 0 Å². The Morgan fingerprint density at radius 3 is 2.59 bits per heavy atom.